The van der Waals surface area contributed by atoms with E-state index in [9.17, 15) is 8.78 Å². The maximum absolute atomic E-state index is 12.9. The minimum atomic E-state index is -2.96. The van der Waals surface area contributed by atoms with Crippen LogP contribution in [-0.2, 0) is 6.42 Å². The van der Waals surface area contributed by atoms with Gasteiger partial charge in [0.05, 0.1) is 28.0 Å². The molecule has 0 saturated heterocycles. The number of aromatic nitrogens is 3. The fourth-order valence-corrected chi connectivity index (χ4v) is 4.06. The summed E-state index contributed by atoms with van der Waals surface area (Å²) in [7, 11) is 0. The van der Waals surface area contributed by atoms with Crippen LogP contribution in [0.3, 0.4) is 0 Å². The van der Waals surface area contributed by atoms with Crippen LogP contribution in [0.25, 0.3) is 10.8 Å². The van der Waals surface area contributed by atoms with E-state index in [-0.39, 0.29) is 17.6 Å². The Hall–Kier alpha value is -2.25. The van der Waals surface area contributed by atoms with Crippen LogP contribution in [0.1, 0.15) is 36.9 Å². The topological polar surface area (TPSA) is 57.1 Å². The molecule has 29 heavy (non-hydrogen) atoms. The van der Waals surface area contributed by atoms with Crippen molar-refractivity contribution >= 4 is 34.0 Å². The van der Waals surface area contributed by atoms with Crippen LogP contribution < -0.4 is 9.47 Å². The van der Waals surface area contributed by atoms with Crippen LogP contribution in [-0.4, -0.2) is 27.9 Å². The van der Waals surface area contributed by atoms with Crippen molar-refractivity contribution in [2.45, 2.75) is 44.8 Å². The Labute approximate surface area is 176 Å². The molecule has 1 aromatic carbocycles. The van der Waals surface area contributed by atoms with Gasteiger partial charge in [-0.3, -0.25) is 4.98 Å². The highest BCUT2D eigenvalue weighted by atomic mass is 35.5. The fourth-order valence-electron chi connectivity index (χ4n) is 3.56. The number of pyridine rings is 1. The summed E-state index contributed by atoms with van der Waals surface area (Å²) in [6.45, 7) is -2.96. The maximum Gasteiger partial charge on any atom is 0.387 e. The van der Waals surface area contributed by atoms with Gasteiger partial charge in [-0.2, -0.15) is 19.0 Å². The van der Waals surface area contributed by atoms with Crippen molar-refractivity contribution in [3.05, 3.63) is 52.0 Å². The second-order valence-corrected chi connectivity index (χ2v) is 7.62. The van der Waals surface area contributed by atoms with Gasteiger partial charge in [0.1, 0.15) is 0 Å². The molecule has 1 fully saturated rings. The molecule has 0 radical (unpaired) electrons. The highest BCUT2D eigenvalue weighted by molar-refractivity contribution is 6.35. The van der Waals surface area contributed by atoms with Crippen LogP contribution >= 0.6 is 23.2 Å². The molecule has 1 aliphatic carbocycles. The van der Waals surface area contributed by atoms with E-state index in [4.69, 9.17) is 32.7 Å². The first-order valence-electron chi connectivity index (χ1n) is 9.19. The van der Waals surface area contributed by atoms with Gasteiger partial charge >= 0.3 is 6.61 Å². The molecule has 3 aromatic rings. The molecule has 152 valence electrons. The molecule has 1 aliphatic rings. The Kier molecular flexibility index (Phi) is 5.96. The lowest BCUT2D eigenvalue weighted by molar-refractivity contribution is -0.0518. The summed E-state index contributed by atoms with van der Waals surface area (Å²) in [5.41, 5.74) is 1.26. The predicted octanol–water partition coefficient (Wildman–Crippen LogP) is 5.85. The van der Waals surface area contributed by atoms with Crippen molar-refractivity contribution in [3.8, 4) is 11.5 Å². The average molecular weight is 440 g/mol. The van der Waals surface area contributed by atoms with Crippen molar-refractivity contribution < 1.29 is 18.3 Å². The van der Waals surface area contributed by atoms with E-state index in [1.54, 1.807) is 6.07 Å². The Balaban J connectivity index is 1.79. The van der Waals surface area contributed by atoms with Gasteiger partial charge in [-0.15, -0.1) is 0 Å². The Bertz CT molecular complexity index is 1010. The zero-order valence-electron chi connectivity index (χ0n) is 15.2. The first-order chi connectivity index (χ1) is 14.0. The number of benzene rings is 1. The van der Waals surface area contributed by atoms with E-state index in [0.29, 0.717) is 38.5 Å². The van der Waals surface area contributed by atoms with Gasteiger partial charge in [0.2, 0.25) is 0 Å². The van der Waals surface area contributed by atoms with E-state index in [2.05, 4.69) is 15.2 Å². The second kappa shape index (κ2) is 8.63. The molecule has 0 unspecified atom stereocenters. The van der Waals surface area contributed by atoms with Crippen molar-refractivity contribution in [2.75, 3.05) is 0 Å². The monoisotopic (exact) mass is 439 g/mol. The first-order valence-corrected chi connectivity index (χ1v) is 9.95. The van der Waals surface area contributed by atoms with Gasteiger partial charge in [0.25, 0.3) is 0 Å². The summed E-state index contributed by atoms with van der Waals surface area (Å²) >= 11 is 12.5. The van der Waals surface area contributed by atoms with Gasteiger partial charge in [0.15, 0.2) is 11.5 Å². The number of alkyl halides is 2. The molecule has 0 aliphatic heterocycles. The lowest BCUT2D eigenvalue weighted by Crippen LogP contribution is -2.13. The van der Waals surface area contributed by atoms with Crippen LogP contribution in [0.4, 0.5) is 8.78 Å². The highest BCUT2D eigenvalue weighted by Crippen LogP contribution is 2.40. The van der Waals surface area contributed by atoms with E-state index in [0.717, 1.165) is 25.7 Å². The molecule has 0 N–H and O–H groups in total. The molecule has 2 heterocycles. The molecule has 9 heteroatoms. The third kappa shape index (κ3) is 4.36. The van der Waals surface area contributed by atoms with Crippen molar-refractivity contribution in [3.63, 3.8) is 0 Å². The number of halogens is 4. The molecule has 1 saturated carbocycles. The van der Waals surface area contributed by atoms with Gasteiger partial charge in [-0.25, -0.2) is 0 Å². The summed E-state index contributed by atoms with van der Waals surface area (Å²) < 4.78 is 36.6. The second-order valence-electron chi connectivity index (χ2n) is 6.81. The third-order valence-corrected chi connectivity index (χ3v) is 5.59. The standard InChI is InChI=1S/C20H17Cl2F2N3O2/c21-15-9-25-10-16(22)13(15)7-17-12-5-6-18(29-20(23)24)19(14(12)8-26-27-17)28-11-3-1-2-4-11/h5-6,8-11,20H,1-4,7H2. The van der Waals surface area contributed by atoms with Crippen LogP contribution in [0.5, 0.6) is 11.5 Å². The molecule has 0 atom stereocenters. The minimum absolute atomic E-state index is 0.0154. The van der Waals surface area contributed by atoms with Crippen molar-refractivity contribution in [1.29, 1.82) is 0 Å². The van der Waals surface area contributed by atoms with E-state index < -0.39 is 6.61 Å². The molecule has 5 nitrogen and oxygen atoms in total. The predicted molar refractivity (Wildman–Crippen MR) is 106 cm³/mol. The molecule has 0 spiro atoms. The highest BCUT2D eigenvalue weighted by Gasteiger charge is 2.23. The first kappa shape index (κ1) is 20.0. The van der Waals surface area contributed by atoms with Crippen molar-refractivity contribution in [2.24, 2.45) is 0 Å². The zero-order chi connectivity index (χ0) is 20.4. The summed E-state index contributed by atoms with van der Waals surface area (Å²) in [5, 5.41) is 10.4. The Morgan fingerprint density at radius 1 is 1.03 bits per heavy atom. The van der Waals surface area contributed by atoms with Crippen LogP contribution in [0, 0.1) is 0 Å². The lowest BCUT2D eigenvalue weighted by Gasteiger charge is -2.19. The quantitative estimate of drug-likeness (QED) is 0.482. The molecule has 0 amide bonds. The Morgan fingerprint density at radius 3 is 2.45 bits per heavy atom. The van der Waals surface area contributed by atoms with E-state index >= 15 is 0 Å². The summed E-state index contributed by atoms with van der Waals surface area (Å²) in [6, 6.07) is 3.14. The van der Waals surface area contributed by atoms with Crippen LogP contribution in [0.15, 0.2) is 30.7 Å². The van der Waals surface area contributed by atoms with Gasteiger partial charge in [-0.1, -0.05) is 23.2 Å². The number of rotatable bonds is 6. The van der Waals surface area contributed by atoms with Gasteiger partial charge in [-0.05, 0) is 43.4 Å². The molecule has 2 aromatic heterocycles. The average Bonchev–Trinajstić information content (AvgIpc) is 3.19. The number of nitrogens with zero attached hydrogens (tertiary/aromatic N) is 3. The third-order valence-electron chi connectivity index (χ3n) is 4.94. The normalized spacial score (nSPS) is 14.7. The SMILES string of the molecule is FC(F)Oc1ccc2c(Cc3c(Cl)cncc3Cl)nncc2c1OC1CCCC1. The van der Waals surface area contributed by atoms with Gasteiger partial charge < -0.3 is 9.47 Å². The molecular weight excluding hydrogens is 423 g/mol. The largest absolute Gasteiger partial charge is 0.486 e. The smallest absolute Gasteiger partial charge is 0.387 e. The summed E-state index contributed by atoms with van der Waals surface area (Å²) in [4.78, 5) is 3.95. The Morgan fingerprint density at radius 2 is 1.76 bits per heavy atom. The van der Waals surface area contributed by atoms with E-state index in [1.807, 2.05) is 0 Å². The number of fused-ring (bicyclic) bond motifs is 1. The minimum Gasteiger partial charge on any atom is -0.486 e. The van der Waals surface area contributed by atoms with E-state index in [1.165, 1.54) is 24.7 Å². The number of hydrogen-bond donors (Lipinski definition) is 0. The molecule has 0 bridgehead atoms. The fraction of sp³-hybridized carbons (Fsp3) is 0.350. The van der Waals surface area contributed by atoms with Crippen LogP contribution in [0.2, 0.25) is 10.0 Å². The van der Waals surface area contributed by atoms with Gasteiger partial charge in [0, 0.05) is 29.6 Å². The number of ether oxygens (including phenoxy) is 2. The molecule has 4 rings (SSSR count). The number of hydrogen-bond acceptors (Lipinski definition) is 5. The maximum atomic E-state index is 12.9. The lowest BCUT2D eigenvalue weighted by atomic mass is 10.0. The van der Waals surface area contributed by atoms with Crippen molar-refractivity contribution in [1.82, 2.24) is 15.2 Å². The summed E-state index contributed by atoms with van der Waals surface area (Å²) in [5.74, 6) is 0.246. The summed E-state index contributed by atoms with van der Waals surface area (Å²) in [6.07, 6.45) is 8.61. The molecular formula is C20H17Cl2F2N3O2. The zero-order valence-corrected chi connectivity index (χ0v) is 16.8.